The summed E-state index contributed by atoms with van der Waals surface area (Å²) in [5, 5.41) is 0. The molecule has 2 aromatic rings. The number of anilines is 1. The lowest BCUT2D eigenvalue weighted by atomic mass is 10.0. The third-order valence-corrected chi connectivity index (χ3v) is 5.27. The largest absolute Gasteiger partial charge is 0.496 e. The van der Waals surface area contributed by atoms with E-state index in [-0.39, 0.29) is 17.1 Å². The van der Waals surface area contributed by atoms with Crippen molar-refractivity contribution in [1.29, 1.82) is 0 Å². The fourth-order valence-electron chi connectivity index (χ4n) is 3.18. The Morgan fingerprint density at radius 2 is 1.86 bits per heavy atom. The number of benzene rings is 2. The molecule has 1 aliphatic rings. The second-order valence-electron chi connectivity index (χ2n) is 6.09. The Kier molecular flexibility index (Phi) is 5.90. The SMILES string of the molecule is COC(=O)C1=C(C)N(c2cccc(SC)c2)C(=O)/C1=C\c1ccccc1OC. The van der Waals surface area contributed by atoms with Gasteiger partial charge in [-0.15, -0.1) is 11.8 Å². The Morgan fingerprint density at radius 1 is 1.11 bits per heavy atom. The molecule has 0 unspecified atom stereocenters. The summed E-state index contributed by atoms with van der Waals surface area (Å²) in [5.74, 6) is -0.204. The van der Waals surface area contributed by atoms with E-state index in [1.54, 1.807) is 42.8 Å². The van der Waals surface area contributed by atoms with E-state index in [0.717, 1.165) is 4.90 Å². The van der Waals surface area contributed by atoms with Crippen molar-refractivity contribution < 1.29 is 19.1 Å². The molecule has 1 aliphatic heterocycles. The number of carbonyl (C=O) groups excluding carboxylic acids is 2. The van der Waals surface area contributed by atoms with Crippen LogP contribution in [0.2, 0.25) is 0 Å². The van der Waals surface area contributed by atoms with Gasteiger partial charge in [0.15, 0.2) is 0 Å². The first kappa shape index (κ1) is 19.8. The molecular weight excluding hydrogens is 374 g/mol. The molecule has 3 rings (SSSR count). The fraction of sp³-hybridized carbons (Fsp3) is 0.182. The molecule has 1 amide bonds. The first-order valence-electron chi connectivity index (χ1n) is 8.64. The van der Waals surface area contributed by atoms with Crippen LogP contribution in [0, 0.1) is 0 Å². The van der Waals surface area contributed by atoms with E-state index in [0.29, 0.717) is 22.7 Å². The molecule has 0 radical (unpaired) electrons. The summed E-state index contributed by atoms with van der Waals surface area (Å²) in [4.78, 5) is 28.4. The second-order valence-corrected chi connectivity index (χ2v) is 6.97. The molecule has 6 heteroatoms. The number of allylic oxidation sites excluding steroid dienone is 1. The molecule has 0 aliphatic carbocycles. The van der Waals surface area contributed by atoms with Crippen molar-refractivity contribution in [3.8, 4) is 5.75 Å². The summed E-state index contributed by atoms with van der Waals surface area (Å²) < 4.78 is 10.3. The Morgan fingerprint density at radius 3 is 2.54 bits per heavy atom. The summed E-state index contributed by atoms with van der Waals surface area (Å²) in [6.45, 7) is 1.75. The zero-order chi connectivity index (χ0) is 20.3. The minimum Gasteiger partial charge on any atom is -0.496 e. The Balaban J connectivity index is 2.16. The van der Waals surface area contributed by atoms with E-state index >= 15 is 0 Å². The predicted molar refractivity (Wildman–Crippen MR) is 111 cm³/mol. The average Bonchev–Trinajstić information content (AvgIpc) is 2.97. The summed E-state index contributed by atoms with van der Waals surface area (Å²) >= 11 is 1.59. The van der Waals surface area contributed by atoms with E-state index in [1.165, 1.54) is 7.11 Å². The normalized spacial score (nSPS) is 15.4. The zero-order valence-electron chi connectivity index (χ0n) is 16.2. The van der Waals surface area contributed by atoms with Crippen molar-refractivity contribution in [2.24, 2.45) is 0 Å². The molecule has 0 atom stereocenters. The summed E-state index contributed by atoms with van der Waals surface area (Å²) in [5.41, 5.74) is 2.49. The highest BCUT2D eigenvalue weighted by molar-refractivity contribution is 7.98. The Hall–Kier alpha value is -2.99. The van der Waals surface area contributed by atoms with Crippen LogP contribution in [0.25, 0.3) is 6.08 Å². The standard InChI is InChI=1S/C22H21NO4S/c1-14-20(22(25)27-3)18(12-15-8-5-6-11-19(15)26-2)21(24)23(14)16-9-7-10-17(13-16)28-4/h5-13H,1-4H3/b18-12-. The maximum Gasteiger partial charge on any atom is 0.340 e. The first-order valence-corrected chi connectivity index (χ1v) is 9.87. The third-order valence-electron chi connectivity index (χ3n) is 4.54. The maximum atomic E-state index is 13.3. The summed E-state index contributed by atoms with van der Waals surface area (Å²) in [7, 11) is 2.88. The highest BCUT2D eigenvalue weighted by Gasteiger charge is 2.38. The number of nitrogens with zero attached hydrogens (tertiary/aromatic N) is 1. The van der Waals surface area contributed by atoms with Gasteiger partial charge in [0.1, 0.15) is 5.75 Å². The van der Waals surface area contributed by atoms with Crippen molar-refractivity contribution in [2.45, 2.75) is 11.8 Å². The van der Waals surface area contributed by atoms with Gasteiger partial charge in [-0.1, -0.05) is 24.3 Å². The molecule has 0 fully saturated rings. The third kappa shape index (κ3) is 3.55. The summed E-state index contributed by atoms with van der Waals surface area (Å²) in [6, 6.07) is 15.0. The van der Waals surface area contributed by atoms with Gasteiger partial charge in [0.05, 0.1) is 31.1 Å². The lowest BCUT2D eigenvalue weighted by Gasteiger charge is -2.18. The van der Waals surface area contributed by atoms with Crippen LogP contribution in [0.5, 0.6) is 5.75 Å². The van der Waals surface area contributed by atoms with Crippen molar-refractivity contribution in [3.05, 3.63) is 70.9 Å². The van der Waals surface area contributed by atoms with Gasteiger partial charge >= 0.3 is 5.97 Å². The highest BCUT2D eigenvalue weighted by atomic mass is 32.2. The van der Waals surface area contributed by atoms with E-state index in [1.807, 2.05) is 48.7 Å². The van der Waals surface area contributed by atoms with Gasteiger partial charge in [-0.05, 0) is 43.5 Å². The number of hydrogen-bond acceptors (Lipinski definition) is 5. The van der Waals surface area contributed by atoms with E-state index in [4.69, 9.17) is 9.47 Å². The zero-order valence-corrected chi connectivity index (χ0v) is 17.0. The molecule has 0 aromatic heterocycles. The first-order chi connectivity index (χ1) is 13.5. The summed E-state index contributed by atoms with van der Waals surface area (Å²) in [6.07, 6.45) is 3.65. The smallest absolute Gasteiger partial charge is 0.340 e. The molecule has 0 bridgehead atoms. The van der Waals surface area contributed by atoms with Gasteiger partial charge in [-0.25, -0.2) is 4.79 Å². The van der Waals surface area contributed by atoms with E-state index < -0.39 is 5.97 Å². The molecule has 0 spiro atoms. The minimum absolute atomic E-state index is 0.257. The van der Waals surface area contributed by atoms with Gasteiger partial charge in [-0.2, -0.15) is 0 Å². The van der Waals surface area contributed by atoms with Gasteiger partial charge in [0.2, 0.25) is 0 Å². The molecule has 0 N–H and O–H groups in total. The monoisotopic (exact) mass is 395 g/mol. The number of thioether (sulfide) groups is 1. The molecule has 2 aromatic carbocycles. The van der Waals surface area contributed by atoms with Crippen molar-refractivity contribution in [2.75, 3.05) is 25.4 Å². The highest BCUT2D eigenvalue weighted by Crippen LogP contribution is 2.37. The molecular formula is C22H21NO4S. The van der Waals surface area contributed by atoms with Crippen molar-refractivity contribution in [3.63, 3.8) is 0 Å². The van der Waals surface area contributed by atoms with Gasteiger partial charge < -0.3 is 9.47 Å². The lowest BCUT2D eigenvalue weighted by Crippen LogP contribution is -2.24. The quantitative estimate of drug-likeness (QED) is 0.429. The van der Waals surface area contributed by atoms with Crippen LogP contribution in [-0.4, -0.2) is 32.4 Å². The van der Waals surface area contributed by atoms with Crippen LogP contribution < -0.4 is 9.64 Å². The van der Waals surface area contributed by atoms with Gasteiger partial charge in [-0.3, -0.25) is 9.69 Å². The number of para-hydroxylation sites is 1. The van der Waals surface area contributed by atoms with Crippen molar-refractivity contribution >= 4 is 35.4 Å². The lowest BCUT2D eigenvalue weighted by molar-refractivity contribution is -0.136. The minimum atomic E-state index is -0.546. The Bertz CT molecular complexity index is 994. The molecule has 1 heterocycles. The van der Waals surface area contributed by atoms with E-state index in [9.17, 15) is 9.59 Å². The maximum absolute atomic E-state index is 13.3. The van der Waals surface area contributed by atoms with Gasteiger partial charge in [0, 0.05) is 16.2 Å². The van der Waals surface area contributed by atoms with Crippen LogP contribution in [0.3, 0.4) is 0 Å². The fourth-order valence-corrected chi connectivity index (χ4v) is 3.63. The topological polar surface area (TPSA) is 55.8 Å². The van der Waals surface area contributed by atoms with Crippen LogP contribution in [0.1, 0.15) is 12.5 Å². The number of ether oxygens (including phenoxy) is 2. The predicted octanol–water partition coefficient (Wildman–Crippen LogP) is 4.29. The van der Waals surface area contributed by atoms with Crippen LogP contribution in [0.15, 0.2) is 70.3 Å². The number of hydrogen-bond donors (Lipinski definition) is 0. The number of rotatable bonds is 5. The number of methoxy groups -OCH3 is 2. The molecule has 5 nitrogen and oxygen atoms in total. The second kappa shape index (κ2) is 8.35. The number of carbonyl (C=O) groups is 2. The molecule has 0 saturated carbocycles. The average molecular weight is 395 g/mol. The van der Waals surface area contributed by atoms with Crippen molar-refractivity contribution in [1.82, 2.24) is 0 Å². The van der Waals surface area contributed by atoms with Crippen LogP contribution in [-0.2, 0) is 14.3 Å². The Labute approximate surface area is 168 Å². The number of amides is 1. The molecule has 144 valence electrons. The van der Waals surface area contributed by atoms with Crippen LogP contribution >= 0.6 is 11.8 Å². The van der Waals surface area contributed by atoms with Gasteiger partial charge in [0.25, 0.3) is 5.91 Å². The van der Waals surface area contributed by atoms with E-state index in [2.05, 4.69) is 0 Å². The molecule has 0 saturated heterocycles. The van der Waals surface area contributed by atoms with Crippen LogP contribution in [0.4, 0.5) is 5.69 Å². The number of esters is 1. The molecule has 28 heavy (non-hydrogen) atoms.